The maximum atomic E-state index is 11.8. The number of rotatable bonds is 7. The quantitative estimate of drug-likeness (QED) is 0.456. The molecule has 0 spiro atoms. The smallest absolute Gasteiger partial charge is 0.269 e. The fraction of sp³-hybridized carbons (Fsp3) is 0.625. The zero-order chi connectivity index (χ0) is 13.6. The number of carbonyl (C=O) groups excluding carboxylic acids is 1. The third-order valence-corrected chi connectivity index (χ3v) is 4.43. The molecular weight excluding hydrogens is 278 g/mol. The molecule has 18 heavy (non-hydrogen) atoms. The lowest BCUT2D eigenvalue weighted by atomic mass is 10.6. The highest BCUT2D eigenvalue weighted by molar-refractivity contribution is 7.91. The summed E-state index contributed by atoms with van der Waals surface area (Å²) in [5.74, 6) is -0.324. The van der Waals surface area contributed by atoms with Gasteiger partial charge in [-0.15, -0.1) is 10.2 Å². The average molecular weight is 293 g/mol. The van der Waals surface area contributed by atoms with E-state index in [9.17, 15) is 13.2 Å². The summed E-state index contributed by atoms with van der Waals surface area (Å²) >= 11 is 0.807. The number of likely N-dealkylation sites (N-methyl/N-ethyl adjacent to an activating group) is 1. The molecule has 0 saturated heterocycles. The monoisotopic (exact) mass is 293 g/mol. The van der Waals surface area contributed by atoms with Gasteiger partial charge in [-0.05, 0) is 6.54 Å². The molecule has 10 heteroatoms. The molecule has 0 bridgehead atoms. The van der Waals surface area contributed by atoms with Crippen LogP contribution < -0.4 is 15.4 Å². The molecule has 0 fully saturated rings. The minimum absolute atomic E-state index is 0.162. The second kappa shape index (κ2) is 6.73. The molecule has 1 rings (SSSR count). The SMILES string of the molecule is CCNCCNS(=O)(=O)c1nnc(NC(C)=O)s1. The van der Waals surface area contributed by atoms with Crippen molar-refractivity contribution < 1.29 is 13.2 Å². The zero-order valence-corrected chi connectivity index (χ0v) is 11.7. The van der Waals surface area contributed by atoms with E-state index < -0.39 is 10.0 Å². The molecule has 0 aromatic carbocycles. The minimum Gasteiger partial charge on any atom is -0.316 e. The number of nitrogens with zero attached hydrogens (tertiary/aromatic N) is 2. The molecule has 0 aliphatic carbocycles. The van der Waals surface area contributed by atoms with Crippen LogP contribution in [0.15, 0.2) is 4.34 Å². The third-order valence-electron chi connectivity index (χ3n) is 1.76. The third kappa shape index (κ3) is 4.64. The van der Waals surface area contributed by atoms with Gasteiger partial charge >= 0.3 is 0 Å². The van der Waals surface area contributed by atoms with Gasteiger partial charge in [0.15, 0.2) is 0 Å². The van der Waals surface area contributed by atoms with Crippen molar-refractivity contribution in [1.82, 2.24) is 20.2 Å². The molecule has 8 nitrogen and oxygen atoms in total. The Morgan fingerprint density at radius 3 is 2.67 bits per heavy atom. The van der Waals surface area contributed by atoms with Gasteiger partial charge in [0.1, 0.15) is 0 Å². The van der Waals surface area contributed by atoms with Gasteiger partial charge in [-0.2, -0.15) is 0 Å². The highest BCUT2D eigenvalue weighted by Crippen LogP contribution is 2.19. The Kier molecular flexibility index (Phi) is 5.59. The number of amides is 1. The number of anilines is 1. The van der Waals surface area contributed by atoms with Crippen LogP contribution in [0.3, 0.4) is 0 Å². The van der Waals surface area contributed by atoms with E-state index >= 15 is 0 Å². The van der Waals surface area contributed by atoms with Crippen molar-refractivity contribution in [2.45, 2.75) is 18.2 Å². The lowest BCUT2D eigenvalue weighted by Gasteiger charge is -2.03. The van der Waals surface area contributed by atoms with Crippen molar-refractivity contribution in [3.8, 4) is 0 Å². The summed E-state index contributed by atoms with van der Waals surface area (Å²) in [4.78, 5) is 10.8. The van der Waals surface area contributed by atoms with Crippen LogP contribution in [0, 0.1) is 0 Å². The van der Waals surface area contributed by atoms with Gasteiger partial charge in [0.2, 0.25) is 15.4 Å². The predicted octanol–water partition coefficient (Wildman–Crippen LogP) is -0.616. The molecule has 1 heterocycles. The van der Waals surface area contributed by atoms with Crippen LogP contribution in [0.5, 0.6) is 0 Å². The Morgan fingerprint density at radius 2 is 2.06 bits per heavy atom. The minimum atomic E-state index is -3.65. The first-order valence-corrected chi connectivity index (χ1v) is 7.57. The first kappa shape index (κ1) is 15.0. The van der Waals surface area contributed by atoms with Crippen LogP contribution in [0.1, 0.15) is 13.8 Å². The van der Waals surface area contributed by atoms with Crippen molar-refractivity contribution in [2.75, 3.05) is 25.0 Å². The zero-order valence-electron chi connectivity index (χ0n) is 10.1. The summed E-state index contributed by atoms with van der Waals surface area (Å²) < 4.78 is 25.7. The lowest BCUT2D eigenvalue weighted by molar-refractivity contribution is -0.114. The van der Waals surface area contributed by atoms with Crippen LogP contribution >= 0.6 is 11.3 Å². The van der Waals surface area contributed by atoms with Gasteiger partial charge in [-0.1, -0.05) is 18.3 Å². The largest absolute Gasteiger partial charge is 0.316 e. The Hall–Kier alpha value is -1.10. The highest BCUT2D eigenvalue weighted by Gasteiger charge is 2.19. The molecule has 0 saturated carbocycles. The van der Waals surface area contributed by atoms with Crippen LogP contribution in [-0.2, 0) is 14.8 Å². The molecule has 3 N–H and O–H groups in total. The topological polar surface area (TPSA) is 113 Å². The van der Waals surface area contributed by atoms with E-state index in [2.05, 4.69) is 25.6 Å². The van der Waals surface area contributed by atoms with Gasteiger partial charge in [-0.3, -0.25) is 4.79 Å². The van der Waals surface area contributed by atoms with E-state index in [-0.39, 0.29) is 21.9 Å². The molecule has 0 aliphatic heterocycles. The fourth-order valence-corrected chi connectivity index (χ4v) is 3.05. The van der Waals surface area contributed by atoms with Gasteiger partial charge in [0, 0.05) is 20.0 Å². The molecule has 1 aromatic heterocycles. The van der Waals surface area contributed by atoms with E-state index in [4.69, 9.17) is 0 Å². The number of hydrogen-bond acceptors (Lipinski definition) is 7. The number of carbonyl (C=O) groups is 1. The Balaban J connectivity index is 2.61. The Bertz CT molecular complexity index is 499. The van der Waals surface area contributed by atoms with E-state index in [0.29, 0.717) is 6.54 Å². The van der Waals surface area contributed by atoms with Crippen LogP contribution in [-0.4, -0.2) is 44.2 Å². The van der Waals surface area contributed by atoms with Crippen molar-refractivity contribution in [1.29, 1.82) is 0 Å². The van der Waals surface area contributed by atoms with Crippen molar-refractivity contribution in [2.24, 2.45) is 0 Å². The first-order valence-electron chi connectivity index (χ1n) is 5.27. The molecular formula is C8H15N5O3S2. The van der Waals surface area contributed by atoms with E-state index in [1.165, 1.54) is 6.92 Å². The molecule has 1 aromatic rings. The van der Waals surface area contributed by atoms with Gasteiger partial charge in [-0.25, -0.2) is 13.1 Å². The second-order valence-electron chi connectivity index (χ2n) is 3.31. The highest BCUT2D eigenvalue weighted by atomic mass is 32.2. The Labute approximate surface area is 109 Å². The summed E-state index contributed by atoms with van der Waals surface area (Å²) in [6.07, 6.45) is 0. The van der Waals surface area contributed by atoms with E-state index in [0.717, 1.165) is 17.9 Å². The Morgan fingerprint density at radius 1 is 1.33 bits per heavy atom. The first-order chi connectivity index (χ1) is 8.45. The summed E-state index contributed by atoms with van der Waals surface area (Å²) in [6, 6.07) is 0. The lowest BCUT2D eigenvalue weighted by Crippen LogP contribution is -2.31. The summed E-state index contributed by atoms with van der Waals surface area (Å²) in [6.45, 7) is 4.81. The molecule has 1 amide bonds. The maximum absolute atomic E-state index is 11.8. The predicted molar refractivity (Wildman–Crippen MR) is 67.9 cm³/mol. The van der Waals surface area contributed by atoms with Crippen molar-refractivity contribution in [3.05, 3.63) is 0 Å². The summed E-state index contributed by atoms with van der Waals surface area (Å²) in [5, 5.41) is 12.6. The fourth-order valence-electron chi connectivity index (χ4n) is 1.03. The number of aromatic nitrogens is 2. The van der Waals surface area contributed by atoms with Gasteiger partial charge in [0.05, 0.1) is 0 Å². The number of sulfonamides is 1. The number of nitrogens with one attached hydrogen (secondary N) is 3. The normalized spacial score (nSPS) is 11.4. The number of hydrogen-bond donors (Lipinski definition) is 3. The second-order valence-corrected chi connectivity index (χ2v) is 6.22. The molecule has 0 aliphatic rings. The van der Waals surface area contributed by atoms with Crippen LogP contribution in [0.25, 0.3) is 0 Å². The molecule has 0 radical (unpaired) electrons. The van der Waals surface area contributed by atoms with Crippen molar-refractivity contribution in [3.63, 3.8) is 0 Å². The maximum Gasteiger partial charge on any atom is 0.269 e. The van der Waals surface area contributed by atoms with Crippen molar-refractivity contribution >= 4 is 32.4 Å². The van der Waals surface area contributed by atoms with E-state index in [1.54, 1.807) is 0 Å². The molecule has 0 unspecified atom stereocenters. The standard InChI is InChI=1S/C8H15N5O3S2/c1-3-9-4-5-10-18(15,16)8-13-12-7(17-8)11-6(2)14/h9-10H,3-5H2,1-2H3,(H,11,12,14). The average Bonchev–Trinajstić information content (AvgIpc) is 2.73. The summed E-state index contributed by atoms with van der Waals surface area (Å²) in [7, 11) is -3.65. The van der Waals surface area contributed by atoms with Gasteiger partial charge in [0.25, 0.3) is 10.0 Å². The van der Waals surface area contributed by atoms with Crippen LogP contribution in [0.4, 0.5) is 5.13 Å². The van der Waals surface area contributed by atoms with E-state index in [1.807, 2.05) is 6.92 Å². The molecule has 0 atom stereocenters. The van der Waals surface area contributed by atoms with Gasteiger partial charge < -0.3 is 10.6 Å². The summed E-state index contributed by atoms with van der Waals surface area (Å²) in [5.41, 5.74) is 0. The van der Waals surface area contributed by atoms with Crippen LogP contribution in [0.2, 0.25) is 0 Å². The molecule has 102 valence electrons.